The van der Waals surface area contributed by atoms with Crippen LogP contribution in [0.1, 0.15) is 0 Å². The average molecular weight is 591 g/mol. The molecule has 0 atom stereocenters. The smallest absolute Gasteiger partial charge is 0.264 e. The van der Waals surface area contributed by atoms with E-state index in [-0.39, 0.29) is 31.2 Å². The van der Waals surface area contributed by atoms with Gasteiger partial charge in [0.05, 0.1) is 15.5 Å². The maximum atomic E-state index is 13.4. The van der Waals surface area contributed by atoms with Crippen LogP contribution in [0, 0.1) is 0 Å². The third-order valence-electron chi connectivity index (χ3n) is 5.23. The Labute approximate surface area is 230 Å². The second-order valence-electron chi connectivity index (χ2n) is 8.00. The van der Waals surface area contributed by atoms with Crippen molar-refractivity contribution in [2.24, 2.45) is 0 Å². The van der Waals surface area contributed by atoms with Crippen molar-refractivity contribution in [2.75, 3.05) is 20.9 Å². The van der Waals surface area contributed by atoms with Crippen molar-refractivity contribution in [3.8, 4) is 0 Å². The summed E-state index contributed by atoms with van der Waals surface area (Å²) >= 11 is 12.2. The van der Waals surface area contributed by atoms with E-state index in [1.54, 1.807) is 48.5 Å². The average Bonchev–Trinajstić information content (AvgIpc) is 2.88. The van der Waals surface area contributed by atoms with Gasteiger partial charge in [0.2, 0.25) is 5.91 Å². The van der Waals surface area contributed by atoms with Gasteiger partial charge >= 0.3 is 0 Å². The van der Waals surface area contributed by atoms with Crippen LogP contribution in [0.3, 0.4) is 0 Å². The minimum Gasteiger partial charge on any atom is -0.325 e. The third-order valence-corrected chi connectivity index (χ3v) is 8.85. The monoisotopic (exact) mass is 589 g/mol. The van der Waals surface area contributed by atoms with Gasteiger partial charge < -0.3 is 5.32 Å². The van der Waals surface area contributed by atoms with Crippen molar-refractivity contribution in [3.05, 3.63) is 113 Å². The number of benzene rings is 4. The Hall–Kier alpha value is -3.57. The van der Waals surface area contributed by atoms with Crippen LogP contribution in [0.5, 0.6) is 0 Å². The third kappa shape index (κ3) is 6.65. The summed E-state index contributed by atoms with van der Waals surface area (Å²) in [7, 11) is -8.01. The molecule has 0 aliphatic heterocycles. The van der Waals surface area contributed by atoms with Crippen LogP contribution in [0.4, 0.5) is 17.1 Å². The van der Waals surface area contributed by atoms with Gasteiger partial charge in [-0.3, -0.25) is 13.8 Å². The molecule has 0 heterocycles. The molecule has 12 heteroatoms. The maximum Gasteiger partial charge on any atom is 0.264 e. The second-order valence-corrected chi connectivity index (χ2v) is 12.4. The minimum absolute atomic E-state index is 0.0128. The van der Waals surface area contributed by atoms with Gasteiger partial charge in [-0.15, -0.1) is 0 Å². The Balaban J connectivity index is 1.55. The number of anilines is 3. The van der Waals surface area contributed by atoms with E-state index < -0.39 is 32.5 Å². The Morgan fingerprint density at radius 1 is 0.684 bits per heavy atom. The fourth-order valence-electron chi connectivity index (χ4n) is 3.49. The number of nitrogens with one attached hydrogen (secondary N) is 2. The molecule has 0 radical (unpaired) electrons. The van der Waals surface area contributed by atoms with Crippen LogP contribution in [-0.2, 0) is 24.8 Å². The molecule has 196 valence electrons. The number of carbonyl (C=O) groups excluding carboxylic acids is 1. The Kier molecular flexibility index (Phi) is 8.27. The van der Waals surface area contributed by atoms with E-state index in [0.29, 0.717) is 5.69 Å². The normalized spacial score (nSPS) is 11.5. The number of hydrogen-bond acceptors (Lipinski definition) is 5. The van der Waals surface area contributed by atoms with E-state index in [1.165, 1.54) is 54.6 Å². The molecule has 0 aliphatic rings. The summed E-state index contributed by atoms with van der Waals surface area (Å²) in [6, 6.07) is 25.7. The first kappa shape index (κ1) is 27.5. The summed E-state index contributed by atoms with van der Waals surface area (Å²) in [5, 5.41) is 2.99. The van der Waals surface area contributed by atoms with Crippen molar-refractivity contribution in [3.63, 3.8) is 0 Å². The standard InChI is InChI=1S/C26H21Cl2N3O5S2/c27-19-15-20(28)17-23(16-19)31(38(35,36)25-9-5-2-6-10-25)18-26(32)29-21-11-13-24(14-12-21)37(33,34)30-22-7-3-1-4-8-22/h1-17,30H,18H2,(H,29,32). The van der Waals surface area contributed by atoms with Gasteiger partial charge in [-0.05, 0) is 66.7 Å². The molecule has 0 aromatic heterocycles. The van der Waals surface area contributed by atoms with E-state index in [0.717, 1.165) is 4.31 Å². The van der Waals surface area contributed by atoms with Crippen LogP contribution < -0.4 is 14.3 Å². The van der Waals surface area contributed by atoms with Crippen LogP contribution in [0.2, 0.25) is 10.0 Å². The topological polar surface area (TPSA) is 113 Å². The number of sulfonamides is 2. The van der Waals surface area contributed by atoms with Crippen molar-refractivity contribution < 1.29 is 21.6 Å². The molecule has 8 nitrogen and oxygen atoms in total. The van der Waals surface area contributed by atoms with E-state index in [9.17, 15) is 21.6 Å². The first-order valence-corrected chi connectivity index (χ1v) is 14.7. The zero-order valence-electron chi connectivity index (χ0n) is 19.6. The second kappa shape index (κ2) is 11.4. The first-order valence-electron chi connectivity index (χ1n) is 11.1. The molecule has 0 unspecified atom stereocenters. The zero-order chi connectivity index (χ0) is 27.3. The van der Waals surface area contributed by atoms with Crippen molar-refractivity contribution in [1.29, 1.82) is 0 Å². The van der Waals surface area contributed by atoms with Crippen LogP contribution in [0.15, 0.2) is 113 Å². The molecule has 4 rings (SSSR count). The van der Waals surface area contributed by atoms with Gasteiger partial charge in [-0.25, -0.2) is 16.8 Å². The highest BCUT2D eigenvalue weighted by Gasteiger charge is 2.28. The van der Waals surface area contributed by atoms with Gasteiger partial charge in [0.15, 0.2) is 0 Å². The van der Waals surface area contributed by atoms with Crippen molar-refractivity contribution in [2.45, 2.75) is 9.79 Å². The number of para-hydroxylation sites is 1. The van der Waals surface area contributed by atoms with Gasteiger partial charge in [0.25, 0.3) is 20.0 Å². The fraction of sp³-hybridized carbons (Fsp3) is 0.0385. The molecule has 38 heavy (non-hydrogen) atoms. The first-order chi connectivity index (χ1) is 18.0. The number of nitrogens with zero attached hydrogens (tertiary/aromatic N) is 1. The highest BCUT2D eigenvalue weighted by atomic mass is 35.5. The SMILES string of the molecule is O=C(CN(c1cc(Cl)cc(Cl)c1)S(=O)(=O)c1ccccc1)Nc1ccc(S(=O)(=O)Nc2ccccc2)cc1. The Morgan fingerprint density at radius 3 is 1.82 bits per heavy atom. The van der Waals surface area contributed by atoms with Gasteiger partial charge in [0.1, 0.15) is 6.54 Å². The summed E-state index contributed by atoms with van der Waals surface area (Å²) in [4.78, 5) is 12.9. The molecule has 0 spiro atoms. The van der Waals surface area contributed by atoms with Crippen LogP contribution in [0.25, 0.3) is 0 Å². The minimum atomic E-state index is -4.16. The molecule has 0 bridgehead atoms. The van der Waals surface area contributed by atoms with Crippen LogP contribution >= 0.6 is 23.2 Å². The number of amides is 1. The van der Waals surface area contributed by atoms with E-state index >= 15 is 0 Å². The lowest BCUT2D eigenvalue weighted by atomic mass is 10.3. The molecule has 2 N–H and O–H groups in total. The quantitative estimate of drug-likeness (QED) is 0.263. The van der Waals surface area contributed by atoms with Crippen molar-refractivity contribution in [1.82, 2.24) is 0 Å². The van der Waals surface area contributed by atoms with Crippen LogP contribution in [-0.4, -0.2) is 29.3 Å². The Morgan fingerprint density at radius 2 is 1.24 bits per heavy atom. The molecule has 0 fully saturated rings. The molecule has 0 aliphatic carbocycles. The number of halogens is 2. The lowest BCUT2D eigenvalue weighted by Gasteiger charge is -2.24. The van der Waals surface area contributed by atoms with E-state index in [4.69, 9.17) is 23.2 Å². The summed E-state index contributed by atoms with van der Waals surface area (Å²) in [6.07, 6.45) is 0. The predicted octanol–water partition coefficient (Wildman–Crippen LogP) is 5.63. The predicted molar refractivity (Wildman–Crippen MR) is 150 cm³/mol. The molecule has 4 aromatic carbocycles. The molecule has 1 amide bonds. The largest absolute Gasteiger partial charge is 0.325 e. The molecule has 4 aromatic rings. The summed E-state index contributed by atoms with van der Waals surface area (Å²) in [5.74, 6) is -0.668. The molecular formula is C26H21Cl2N3O5S2. The fourth-order valence-corrected chi connectivity index (χ4v) is 6.49. The summed E-state index contributed by atoms with van der Waals surface area (Å²) in [5.41, 5.74) is 0.787. The highest BCUT2D eigenvalue weighted by Crippen LogP contribution is 2.30. The molecular weight excluding hydrogens is 569 g/mol. The molecule has 0 saturated heterocycles. The summed E-state index contributed by atoms with van der Waals surface area (Å²) < 4.78 is 55.5. The van der Waals surface area contributed by atoms with E-state index in [2.05, 4.69) is 10.0 Å². The number of rotatable bonds is 9. The Bertz CT molecular complexity index is 1630. The summed E-state index contributed by atoms with van der Waals surface area (Å²) in [6.45, 7) is -0.594. The van der Waals surface area contributed by atoms with Gasteiger partial charge in [-0.1, -0.05) is 59.6 Å². The highest BCUT2D eigenvalue weighted by molar-refractivity contribution is 7.93. The van der Waals surface area contributed by atoms with E-state index in [1.807, 2.05) is 0 Å². The van der Waals surface area contributed by atoms with Gasteiger partial charge in [0, 0.05) is 21.4 Å². The number of carbonyl (C=O) groups is 1. The van der Waals surface area contributed by atoms with Crippen molar-refractivity contribution >= 4 is 66.2 Å². The maximum absolute atomic E-state index is 13.4. The lowest BCUT2D eigenvalue weighted by Crippen LogP contribution is -2.38. The van der Waals surface area contributed by atoms with Gasteiger partial charge in [-0.2, -0.15) is 0 Å². The zero-order valence-corrected chi connectivity index (χ0v) is 22.7. The number of hydrogen-bond donors (Lipinski definition) is 2. The lowest BCUT2D eigenvalue weighted by molar-refractivity contribution is -0.114. The molecule has 0 saturated carbocycles.